The lowest BCUT2D eigenvalue weighted by Gasteiger charge is -2.26. The van der Waals surface area contributed by atoms with Crippen molar-refractivity contribution in [3.8, 4) is 11.4 Å². The van der Waals surface area contributed by atoms with E-state index in [0.29, 0.717) is 18.3 Å². The molecule has 1 aromatic heterocycles. The highest BCUT2D eigenvalue weighted by atomic mass is 16.2. The molecule has 0 N–H and O–H groups in total. The van der Waals surface area contributed by atoms with Gasteiger partial charge in [-0.3, -0.25) is 4.79 Å². The van der Waals surface area contributed by atoms with Gasteiger partial charge in [0, 0.05) is 18.2 Å². The van der Waals surface area contributed by atoms with E-state index in [2.05, 4.69) is 41.4 Å². The summed E-state index contributed by atoms with van der Waals surface area (Å²) in [4.78, 5) is 16.0. The van der Waals surface area contributed by atoms with Gasteiger partial charge in [0.05, 0.1) is 0 Å². The fourth-order valence-corrected chi connectivity index (χ4v) is 2.99. The van der Waals surface area contributed by atoms with Crippen LogP contribution >= 0.6 is 0 Å². The van der Waals surface area contributed by atoms with Gasteiger partial charge in [-0.05, 0) is 36.1 Å². The van der Waals surface area contributed by atoms with Crippen LogP contribution in [0.15, 0.2) is 54.6 Å². The first-order valence-corrected chi connectivity index (χ1v) is 9.65. The van der Waals surface area contributed by atoms with Gasteiger partial charge in [-0.15, -0.1) is 10.2 Å². The van der Waals surface area contributed by atoms with E-state index in [1.165, 1.54) is 10.4 Å². The fourth-order valence-electron chi connectivity index (χ4n) is 2.99. The van der Waals surface area contributed by atoms with Crippen LogP contribution in [0, 0.1) is 0 Å². The smallest absolute Gasteiger partial charge is 0.246 e. The van der Waals surface area contributed by atoms with E-state index in [0.717, 1.165) is 11.1 Å². The molecular formula is C22H27N5O. The van der Waals surface area contributed by atoms with Crippen LogP contribution < -0.4 is 0 Å². The van der Waals surface area contributed by atoms with Crippen molar-refractivity contribution < 1.29 is 4.79 Å². The van der Waals surface area contributed by atoms with Crippen molar-refractivity contribution in [3.63, 3.8) is 0 Å². The van der Waals surface area contributed by atoms with E-state index in [1.807, 2.05) is 61.2 Å². The second kappa shape index (κ2) is 8.78. The van der Waals surface area contributed by atoms with Crippen LogP contribution in [0.2, 0.25) is 0 Å². The zero-order chi connectivity index (χ0) is 20.1. The highest BCUT2D eigenvalue weighted by Crippen LogP contribution is 2.19. The minimum absolute atomic E-state index is 0.0297. The average Bonchev–Trinajstić information content (AvgIpc) is 3.15. The molecule has 0 radical (unpaired) electrons. The zero-order valence-corrected chi connectivity index (χ0v) is 16.9. The summed E-state index contributed by atoms with van der Waals surface area (Å²) in [6, 6.07) is 18.2. The Bertz CT molecular complexity index is 900. The van der Waals surface area contributed by atoms with E-state index in [4.69, 9.17) is 0 Å². The number of benzene rings is 2. The third-order valence-electron chi connectivity index (χ3n) is 4.70. The molecule has 1 amide bonds. The molecule has 28 heavy (non-hydrogen) atoms. The van der Waals surface area contributed by atoms with Crippen molar-refractivity contribution in [1.82, 2.24) is 25.1 Å². The topological polar surface area (TPSA) is 63.9 Å². The molecule has 0 aliphatic heterocycles. The largest absolute Gasteiger partial charge is 0.334 e. The Hall–Kier alpha value is -3.02. The van der Waals surface area contributed by atoms with E-state index >= 15 is 0 Å². The van der Waals surface area contributed by atoms with Crippen LogP contribution in [-0.4, -0.2) is 37.1 Å². The Labute approximate surface area is 166 Å². The summed E-state index contributed by atoms with van der Waals surface area (Å²) in [7, 11) is 0. The van der Waals surface area contributed by atoms with Crippen LogP contribution in [0.3, 0.4) is 0 Å². The van der Waals surface area contributed by atoms with Crippen molar-refractivity contribution in [2.75, 3.05) is 0 Å². The lowest BCUT2D eigenvalue weighted by Crippen LogP contribution is -2.39. The number of amides is 1. The molecule has 6 nitrogen and oxygen atoms in total. The molecule has 0 fully saturated rings. The maximum atomic E-state index is 12.8. The molecule has 0 saturated carbocycles. The van der Waals surface area contributed by atoms with Gasteiger partial charge in [-0.2, -0.15) is 4.80 Å². The number of hydrogen-bond donors (Lipinski definition) is 0. The Morgan fingerprint density at radius 3 is 2.29 bits per heavy atom. The highest BCUT2D eigenvalue weighted by molar-refractivity contribution is 5.76. The van der Waals surface area contributed by atoms with Crippen LogP contribution in [0.4, 0.5) is 0 Å². The van der Waals surface area contributed by atoms with E-state index in [1.54, 1.807) is 0 Å². The first-order valence-electron chi connectivity index (χ1n) is 9.65. The molecule has 3 aromatic rings. The van der Waals surface area contributed by atoms with Gasteiger partial charge in [0.2, 0.25) is 11.7 Å². The predicted molar refractivity (Wildman–Crippen MR) is 109 cm³/mol. The maximum absolute atomic E-state index is 12.8. The number of rotatable bonds is 7. The van der Waals surface area contributed by atoms with Crippen molar-refractivity contribution in [3.05, 3.63) is 65.7 Å². The first kappa shape index (κ1) is 19.7. The van der Waals surface area contributed by atoms with E-state index < -0.39 is 0 Å². The highest BCUT2D eigenvalue weighted by Gasteiger charge is 2.19. The molecule has 0 aliphatic carbocycles. The maximum Gasteiger partial charge on any atom is 0.246 e. The number of carbonyl (C=O) groups excluding carboxylic acids is 1. The molecule has 0 atom stereocenters. The number of tetrazole rings is 1. The summed E-state index contributed by atoms with van der Waals surface area (Å²) < 4.78 is 0. The van der Waals surface area contributed by atoms with Gasteiger partial charge < -0.3 is 4.90 Å². The fraction of sp³-hybridized carbons (Fsp3) is 0.364. The van der Waals surface area contributed by atoms with Gasteiger partial charge >= 0.3 is 0 Å². The second-order valence-corrected chi connectivity index (χ2v) is 7.52. The summed E-state index contributed by atoms with van der Waals surface area (Å²) in [5, 5.41) is 12.6. The van der Waals surface area contributed by atoms with Crippen LogP contribution in [0.5, 0.6) is 0 Å². The van der Waals surface area contributed by atoms with Crippen LogP contribution in [-0.2, 0) is 17.9 Å². The molecule has 0 saturated heterocycles. The third kappa shape index (κ3) is 4.82. The summed E-state index contributed by atoms with van der Waals surface area (Å²) in [5.74, 6) is 0.974. The quantitative estimate of drug-likeness (QED) is 0.626. The lowest BCUT2D eigenvalue weighted by molar-refractivity contribution is -0.134. The lowest BCUT2D eigenvalue weighted by atomic mass is 10.0. The Morgan fingerprint density at radius 1 is 1.00 bits per heavy atom. The number of carbonyl (C=O) groups is 1. The van der Waals surface area contributed by atoms with Gasteiger partial charge in [-0.1, -0.05) is 68.4 Å². The molecule has 0 unspecified atom stereocenters. The van der Waals surface area contributed by atoms with Gasteiger partial charge in [0.25, 0.3) is 0 Å². The standard InChI is InChI=1S/C22H27N5O/c1-16(2)19-10-12-20(13-11-19)22-23-25-27(24-22)15-21(28)26(17(3)4)14-18-8-6-5-7-9-18/h5-13,16-17H,14-15H2,1-4H3. The summed E-state index contributed by atoms with van der Waals surface area (Å²) in [6.45, 7) is 8.97. The number of nitrogens with zero attached hydrogens (tertiary/aromatic N) is 5. The zero-order valence-electron chi connectivity index (χ0n) is 16.9. The Morgan fingerprint density at radius 2 is 1.68 bits per heavy atom. The average molecular weight is 377 g/mol. The molecule has 6 heteroatoms. The normalized spacial score (nSPS) is 11.2. The van der Waals surface area contributed by atoms with Crippen molar-refractivity contribution in [2.24, 2.45) is 0 Å². The van der Waals surface area contributed by atoms with Crippen molar-refractivity contribution in [2.45, 2.75) is 52.7 Å². The summed E-state index contributed by atoms with van der Waals surface area (Å²) in [5.41, 5.74) is 3.26. The van der Waals surface area contributed by atoms with Crippen LogP contribution in [0.1, 0.15) is 44.7 Å². The van der Waals surface area contributed by atoms with Gasteiger partial charge in [0.1, 0.15) is 6.54 Å². The second-order valence-electron chi connectivity index (χ2n) is 7.52. The monoisotopic (exact) mass is 377 g/mol. The molecule has 0 aliphatic rings. The SMILES string of the molecule is CC(C)c1ccc(-c2nnn(CC(=O)N(Cc3ccccc3)C(C)C)n2)cc1. The number of aromatic nitrogens is 4. The molecule has 0 spiro atoms. The molecule has 2 aromatic carbocycles. The minimum Gasteiger partial charge on any atom is -0.334 e. The number of hydrogen-bond acceptors (Lipinski definition) is 4. The first-order chi connectivity index (χ1) is 13.4. The van der Waals surface area contributed by atoms with Crippen LogP contribution in [0.25, 0.3) is 11.4 Å². The summed E-state index contributed by atoms with van der Waals surface area (Å²) >= 11 is 0. The third-order valence-corrected chi connectivity index (χ3v) is 4.70. The molecule has 1 heterocycles. The molecule has 3 rings (SSSR count). The predicted octanol–water partition coefficient (Wildman–Crippen LogP) is 3.90. The van der Waals surface area contributed by atoms with Crippen molar-refractivity contribution in [1.29, 1.82) is 0 Å². The molecule has 0 bridgehead atoms. The molecule has 146 valence electrons. The van der Waals surface area contributed by atoms with E-state index in [-0.39, 0.29) is 18.5 Å². The Balaban J connectivity index is 1.69. The van der Waals surface area contributed by atoms with Crippen molar-refractivity contribution >= 4 is 5.91 Å². The minimum atomic E-state index is -0.0297. The Kier molecular flexibility index (Phi) is 6.19. The van der Waals surface area contributed by atoms with E-state index in [9.17, 15) is 4.79 Å². The molecular weight excluding hydrogens is 350 g/mol. The van der Waals surface area contributed by atoms with Gasteiger partial charge in [-0.25, -0.2) is 0 Å². The van der Waals surface area contributed by atoms with Gasteiger partial charge in [0.15, 0.2) is 0 Å². The summed E-state index contributed by atoms with van der Waals surface area (Å²) in [6.07, 6.45) is 0.